The average molecular weight is 202 g/mol. The summed E-state index contributed by atoms with van der Waals surface area (Å²) in [4.78, 5) is 3.49. The van der Waals surface area contributed by atoms with Crippen LogP contribution in [0.1, 0.15) is 24.6 Å². The molecule has 3 N–H and O–H groups in total. The summed E-state index contributed by atoms with van der Waals surface area (Å²) >= 11 is 0. The third kappa shape index (κ3) is 2.05. The van der Waals surface area contributed by atoms with E-state index in [1.165, 1.54) is 22.2 Å². The van der Waals surface area contributed by atoms with Crippen LogP contribution < -0.4 is 5.73 Å². The van der Waals surface area contributed by atoms with Crippen molar-refractivity contribution < 1.29 is 0 Å². The number of fused-ring (bicyclic) bond motifs is 1. The number of aromatic amines is 1. The van der Waals surface area contributed by atoms with Crippen molar-refractivity contribution in [3.63, 3.8) is 0 Å². The maximum absolute atomic E-state index is 5.51. The lowest BCUT2D eigenvalue weighted by molar-refractivity contribution is 0.817. The van der Waals surface area contributed by atoms with Gasteiger partial charge in [0.2, 0.25) is 0 Å². The maximum atomic E-state index is 5.51. The van der Waals surface area contributed by atoms with Crippen molar-refractivity contribution in [3.8, 4) is 0 Å². The predicted molar refractivity (Wildman–Crippen MR) is 65.1 cm³/mol. The summed E-state index contributed by atoms with van der Waals surface area (Å²) < 4.78 is 0. The smallest absolute Gasteiger partial charge is 0.0488 e. The van der Waals surface area contributed by atoms with Gasteiger partial charge in [-0.25, -0.2) is 0 Å². The first-order valence-electron chi connectivity index (χ1n) is 5.64. The van der Waals surface area contributed by atoms with E-state index in [9.17, 15) is 0 Å². The van der Waals surface area contributed by atoms with Crippen molar-refractivity contribution in [3.05, 3.63) is 35.5 Å². The highest BCUT2D eigenvalue weighted by atomic mass is 14.7. The van der Waals surface area contributed by atoms with Gasteiger partial charge in [-0.2, -0.15) is 0 Å². The molecule has 1 aromatic heterocycles. The van der Waals surface area contributed by atoms with Crippen LogP contribution in [0.3, 0.4) is 0 Å². The van der Waals surface area contributed by atoms with Gasteiger partial charge < -0.3 is 10.7 Å². The molecule has 0 radical (unpaired) electrons. The Morgan fingerprint density at radius 3 is 2.93 bits per heavy atom. The molecule has 0 atom stereocenters. The molecule has 0 unspecified atom stereocenters. The standard InChI is InChI=1S/C13H18N2/c1-2-10-5-3-6-11-9-12(7-4-8-14)15-13(10)11/h3,5-6,9,15H,2,4,7-8,14H2,1H3. The second-order valence-corrected chi connectivity index (χ2v) is 3.92. The number of rotatable bonds is 4. The quantitative estimate of drug-likeness (QED) is 0.786. The van der Waals surface area contributed by atoms with Crippen LogP contribution >= 0.6 is 0 Å². The molecule has 0 bridgehead atoms. The molecule has 0 fully saturated rings. The molecule has 2 aromatic rings. The van der Waals surface area contributed by atoms with Crippen LogP contribution in [-0.2, 0) is 12.8 Å². The molecule has 15 heavy (non-hydrogen) atoms. The van der Waals surface area contributed by atoms with Gasteiger partial charge in [-0.1, -0.05) is 25.1 Å². The van der Waals surface area contributed by atoms with Crippen LogP contribution in [0, 0.1) is 0 Å². The summed E-state index contributed by atoms with van der Waals surface area (Å²) in [6, 6.07) is 8.72. The highest BCUT2D eigenvalue weighted by Crippen LogP contribution is 2.20. The molecule has 0 aliphatic carbocycles. The lowest BCUT2D eigenvalue weighted by Gasteiger charge is -1.98. The summed E-state index contributed by atoms with van der Waals surface area (Å²) in [7, 11) is 0. The Bertz CT molecular complexity index is 443. The van der Waals surface area contributed by atoms with Crippen molar-refractivity contribution in [1.82, 2.24) is 4.98 Å². The maximum Gasteiger partial charge on any atom is 0.0488 e. The minimum Gasteiger partial charge on any atom is -0.358 e. The number of nitrogens with two attached hydrogens (primary N) is 1. The zero-order valence-electron chi connectivity index (χ0n) is 9.22. The predicted octanol–water partition coefficient (Wildman–Crippen LogP) is 2.62. The summed E-state index contributed by atoms with van der Waals surface area (Å²) in [5.41, 5.74) is 9.51. The van der Waals surface area contributed by atoms with Crippen LogP contribution in [0.2, 0.25) is 0 Å². The molecule has 1 heterocycles. The van der Waals surface area contributed by atoms with E-state index in [1.54, 1.807) is 0 Å². The lowest BCUT2D eigenvalue weighted by Crippen LogP contribution is -2.00. The third-order valence-corrected chi connectivity index (χ3v) is 2.83. The highest BCUT2D eigenvalue weighted by molar-refractivity contribution is 5.83. The SMILES string of the molecule is CCc1cccc2cc(CCCN)[nH]c12. The van der Waals surface area contributed by atoms with E-state index in [0.717, 1.165) is 25.8 Å². The van der Waals surface area contributed by atoms with E-state index in [2.05, 4.69) is 36.2 Å². The molecular formula is C13H18N2. The van der Waals surface area contributed by atoms with E-state index in [-0.39, 0.29) is 0 Å². The summed E-state index contributed by atoms with van der Waals surface area (Å²) in [6.07, 6.45) is 3.18. The molecule has 80 valence electrons. The minimum absolute atomic E-state index is 0.760. The third-order valence-electron chi connectivity index (χ3n) is 2.83. The molecule has 1 aromatic carbocycles. The van der Waals surface area contributed by atoms with Gasteiger partial charge in [-0.15, -0.1) is 0 Å². The van der Waals surface area contributed by atoms with Crippen LogP contribution in [0.15, 0.2) is 24.3 Å². The fourth-order valence-corrected chi connectivity index (χ4v) is 2.00. The Kier molecular flexibility index (Phi) is 3.07. The first kappa shape index (κ1) is 10.2. The van der Waals surface area contributed by atoms with Crippen molar-refractivity contribution in [2.24, 2.45) is 5.73 Å². The van der Waals surface area contributed by atoms with Crippen LogP contribution in [0.4, 0.5) is 0 Å². The molecule has 0 aliphatic rings. The largest absolute Gasteiger partial charge is 0.358 e. The summed E-state index contributed by atoms with van der Waals surface area (Å²) in [6.45, 7) is 2.95. The second kappa shape index (κ2) is 4.49. The number of aromatic nitrogens is 1. The Balaban J connectivity index is 2.37. The van der Waals surface area contributed by atoms with Crippen molar-refractivity contribution in [2.45, 2.75) is 26.2 Å². The van der Waals surface area contributed by atoms with Gasteiger partial charge in [-0.05, 0) is 42.8 Å². The molecule has 2 rings (SSSR count). The summed E-state index contributed by atoms with van der Waals surface area (Å²) in [5, 5.41) is 1.32. The average Bonchev–Trinajstić information content (AvgIpc) is 2.68. The van der Waals surface area contributed by atoms with Gasteiger partial charge in [0.05, 0.1) is 0 Å². The first-order chi connectivity index (χ1) is 7.35. The van der Waals surface area contributed by atoms with Crippen molar-refractivity contribution in [2.75, 3.05) is 6.54 Å². The number of benzene rings is 1. The second-order valence-electron chi connectivity index (χ2n) is 3.92. The highest BCUT2D eigenvalue weighted by Gasteiger charge is 2.03. The fourth-order valence-electron chi connectivity index (χ4n) is 2.00. The number of nitrogens with one attached hydrogen (secondary N) is 1. The molecule has 0 amide bonds. The molecular weight excluding hydrogens is 184 g/mol. The molecule has 0 spiro atoms. The van der Waals surface area contributed by atoms with Crippen molar-refractivity contribution >= 4 is 10.9 Å². The zero-order chi connectivity index (χ0) is 10.7. The lowest BCUT2D eigenvalue weighted by atomic mass is 10.1. The molecule has 2 heteroatoms. The first-order valence-corrected chi connectivity index (χ1v) is 5.64. The van der Waals surface area contributed by atoms with Gasteiger partial charge in [0.1, 0.15) is 0 Å². The van der Waals surface area contributed by atoms with Gasteiger partial charge >= 0.3 is 0 Å². The normalized spacial score (nSPS) is 11.1. The van der Waals surface area contributed by atoms with Crippen LogP contribution in [0.5, 0.6) is 0 Å². The molecule has 0 saturated heterocycles. The fraction of sp³-hybridized carbons (Fsp3) is 0.385. The topological polar surface area (TPSA) is 41.8 Å². The van der Waals surface area contributed by atoms with Gasteiger partial charge in [-0.3, -0.25) is 0 Å². The van der Waals surface area contributed by atoms with E-state index < -0.39 is 0 Å². The van der Waals surface area contributed by atoms with Gasteiger partial charge in [0, 0.05) is 11.2 Å². The molecule has 2 nitrogen and oxygen atoms in total. The van der Waals surface area contributed by atoms with Crippen LogP contribution in [-0.4, -0.2) is 11.5 Å². The molecule has 0 saturated carbocycles. The minimum atomic E-state index is 0.760. The zero-order valence-corrected chi connectivity index (χ0v) is 9.22. The number of H-pyrrole nitrogens is 1. The van der Waals surface area contributed by atoms with Gasteiger partial charge in [0.15, 0.2) is 0 Å². The Hall–Kier alpha value is -1.28. The van der Waals surface area contributed by atoms with E-state index in [0.29, 0.717) is 0 Å². The number of hydrogen-bond donors (Lipinski definition) is 2. The Morgan fingerprint density at radius 1 is 1.33 bits per heavy atom. The number of aryl methyl sites for hydroxylation is 2. The Labute approximate surface area is 90.5 Å². The van der Waals surface area contributed by atoms with Gasteiger partial charge in [0.25, 0.3) is 0 Å². The van der Waals surface area contributed by atoms with E-state index >= 15 is 0 Å². The summed E-state index contributed by atoms with van der Waals surface area (Å²) in [5.74, 6) is 0. The monoisotopic (exact) mass is 202 g/mol. The Morgan fingerprint density at radius 2 is 2.20 bits per heavy atom. The number of hydrogen-bond acceptors (Lipinski definition) is 1. The van der Waals surface area contributed by atoms with Crippen LogP contribution in [0.25, 0.3) is 10.9 Å². The van der Waals surface area contributed by atoms with Crippen molar-refractivity contribution in [1.29, 1.82) is 0 Å². The molecule has 0 aliphatic heterocycles. The van der Waals surface area contributed by atoms with E-state index in [4.69, 9.17) is 5.73 Å². The number of para-hydroxylation sites is 1. The van der Waals surface area contributed by atoms with E-state index in [1.807, 2.05) is 0 Å².